The molecule has 0 N–H and O–H groups in total. The molecule has 40 heavy (non-hydrogen) atoms. The molecule has 8 aromatic rings. The minimum Gasteiger partial charge on any atom is -0.294 e. The zero-order chi connectivity index (χ0) is 26.6. The molecule has 0 aliphatic heterocycles. The number of nitrogens with zero attached hydrogens (tertiary/aromatic N) is 5. The van der Waals surface area contributed by atoms with Gasteiger partial charge in [-0.2, -0.15) is 5.26 Å². The van der Waals surface area contributed by atoms with Gasteiger partial charge in [-0.15, -0.1) is 0 Å². The molecule has 8 rings (SSSR count). The van der Waals surface area contributed by atoms with Gasteiger partial charge in [-0.05, 0) is 48.5 Å². The van der Waals surface area contributed by atoms with Crippen molar-refractivity contribution < 1.29 is 0 Å². The van der Waals surface area contributed by atoms with Crippen LogP contribution in [-0.4, -0.2) is 19.1 Å². The van der Waals surface area contributed by atoms with Crippen LogP contribution in [0.4, 0.5) is 0 Å². The Balaban J connectivity index is 1.56. The Kier molecular flexibility index (Phi) is 4.82. The molecule has 0 unspecified atom stereocenters. The first-order valence-electron chi connectivity index (χ1n) is 13.2. The van der Waals surface area contributed by atoms with E-state index in [2.05, 4.69) is 74.8 Å². The van der Waals surface area contributed by atoms with Crippen LogP contribution in [0.15, 0.2) is 128 Å². The highest BCUT2D eigenvalue weighted by Crippen LogP contribution is 2.40. The van der Waals surface area contributed by atoms with Crippen molar-refractivity contribution in [2.45, 2.75) is 0 Å². The third-order valence-corrected chi connectivity index (χ3v) is 7.60. The summed E-state index contributed by atoms with van der Waals surface area (Å²) in [5.74, 6) is 0. The minimum atomic E-state index is 0.640. The van der Waals surface area contributed by atoms with Gasteiger partial charge in [-0.3, -0.25) is 14.1 Å². The second kappa shape index (κ2) is 8.65. The van der Waals surface area contributed by atoms with Gasteiger partial charge in [0.1, 0.15) is 17.4 Å². The van der Waals surface area contributed by atoms with Crippen molar-refractivity contribution in [3.8, 4) is 28.7 Å². The lowest BCUT2D eigenvalue weighted by Crippen LogP contribution is -2.00. The average Bonchev–Trinajstić information content (AvgIpc) is 3.54. The van der Waals surface area contributed by atoms with Crippen LogP contribution in [0.3, 0.4) is 0 Å². The highest BCUT2D eigenvalue weighted by Gasteiger charge is 2.24. The first kappa shape index (κ1) is 22.3. The third-order valence-electron chi connectivity index (χ3n) is 7.60. The second-order valence-corrected chi connectivity index (χ2v) is 9.80. The van der Waals surface area contributed by atoms with Gasteiger partial charge in [0.05, 0.1) is 22.3 Å². The topological polar surface area (TPSA) is 59.4 Å². The number of para-hydroxylation sites is 3. The van der Waals surface area contributed by atoms with Crippen molar-refractivity contribution in [3.63, 3.8) is 0 Å². The maximum Gasteiger partial charge on any atom is 0.149 e. The Hall–Kier alpha value is -5.73. The lowest BCUT2D eigenvalue weighted by molar-refractivity contribution is 1.11. The molecule has 0 radical (unpaired) electrons. The van der Waals surface area contributed by atoms with Gasteiger partial charge in [0, 0.05) is 44.7 Å². The number of benzene rings is 4. The van der Waals surface area contributed by atoms with Gasteiger partial charge >= 0.3 is 0 Å². The van der Waals surface area contributed by atoms with E-state index >= 15 is 0 Å². The van der Waals surface area contributed by atoms with E-state index in [4.69, 9.17) is 4.98 Å². The van der Waals surface area contributed by atoms with Crippen LogP contribution >= 0.6 is 0 Å². The van der Waals surface area contributed by atoms with E-state index in [9.17, 15) is 5.26 Å². The van der Waals surface area contributed by atoms with E-state index in [1.54, 1.807) is 0 Å². The lowest BCUT2D eigenvalue weighted by Gasteiger charge is -2.11. The number of hydrogen-bond acceptors (Lipinski definition) is 3. The van der Waals surface area contributed by atoms with Crippen LogP contribution in [-0.2, 0) is 0 Å². The predicted octanol–water partition coefficient (Wildman–Crippen LogP) is 8.21. The van der Waals surface area contributed by atoms with E-state index in [1.165, 1.54) is 0 Å². The van der Waals surface area contributed by atoms with E-state index in [0.29, 0.717) is 5.56 Å². The van der Waals surface area contributed by atoms with Gasteiger partial charge in [-0.1, -0.05) is 72.8 Å². The molecule has 5 heteroatoms. The summed E-state index contributed by atoms with van der Waals surface area (Å²) in [5, 5.41) is 14.5. The summed E-state index contributed by atoms with van der Waals surface area (Å²) in [6.45, 7) is 0. The van der Waals surface area contributed by atoms with E-state index < -0.39 is 0 Å². The van der Waals surface area contributed by atoms with E-state index in [0.717, 1.165) is 66.5 Å². The van der Waals surface area contributed by atoms with Gasteiger partial charge in [0.25, 0.3) is 0 Å². The largest absolute Gasteiger partial charge is 0.294 e. The zero-order valence-corrected chi connectivity index (χ0v) is 21.4. The molecule has 5 nitrogen and oxygen atoms in total. The molecule has 4 aromatic heterocycles. The zero-order valence-electron chi connectivity index (χ0n) is 21.4. The molecular weight excluding hydrogens is 490 g/mol. The molecule has 186 valence electrons. The van der Waals surface area contributed by atoms with Crippen molar-refractivity contribution in [1.82, 2.24) is 19.1 Å². The molecule has 4 aromatic carbocycles. The number of aromatic nitrogens is 4. The van der Waals surface area contributed by atoms with Crippen LogP contribution in [0, 0.1) is 11.3 Å². The van der Waals surface area contributed by atoms with Gasteiger partial charge in [0.15, 0.2) is 0 Å². The van der Waals surface area contributed by atoms with E-state index in [1.807, 2.05) is 72.9 Å². The normalized spacial score (nSPS) is 11.5. The van der Waals surface area contributed by atoms with Crippen LogP contribution in [0.2, 0.25) is 0 Å². The Morgan fingerprint density at radius 1 is 0.575 bits per heavy atom. The van der Waals surface area contributed by atoms with Gasteiger partial charge < -0.3 is 0 Å². The maximum atomic E-state index is 10.7. The summed E-state index contributed by atoms with van der Waals surface area (Å²) in [5.41, 5.74) is 8.07. The van der Waals surface area contributed by atoms with Crippen molar-refractivity contribution >= 4 is 43.9 Å². The Morgan fingerprint density at radius 3 is 1.82 bits per heavy atom. The summed E-state index contributed by atoms with van der Waals surface area (Å²) < 4.78 is 4.33. The standard InChI is InChI=1S/C35H21N5/c36-22-28-32-26-15-4-6-18-30(26)39(24-12-2-1-3-13-24)34(32)38-35-33(28)27-16-5-7-19-31(27)40(35)25-14-10-11-23(21-25)29-17-8-9-20-37-29/h1-21H. The molecule has 0 aliphatic carbocycles. The predicted molar refractivity (Wildman–Crippen MR) is 161 cm³/mol. The fraction of sp³-hybridized carbons (Fsp3) is 0. The summed E-state index contributed by atoms with van der Waals surface area (Å²) in [4.78, 5) is 9.94. The van der Waals surface area contributed by atoms with Crippen LogP contribution < -0.4 is 0 Å². The molecule has 0 saturated heterocycles. The number of nitriles is 1. The molecule has 0 fully saturated rings. The van der Waals surface area contributed by atoms with Crippen molar-refractivity contribution in [2.75, 3.05) is 0 Å². The number of hydrogen-bond donors (Lipinski definition) is 0. The Bertz CT molecular complexity index is 2270. The summed E-state index contributed by atoms with van der Waals surface area (Å²) in [6.07, 6.45) is 1.81. The van der Waals surface area contributed by atoms with Crippen LogP contribution in [0.25, 0.3) is 66.5 Å². The quantitative estimate of drug-likeness (QED) is 0.240. The van der Waals surface area contributed by atoms with E-state index in [-0.39, 0.29) is 0 Å². The Morgan fingerprint density at radius 2 is 1.18 bits per heavy atom. The number of pyridine rings is 2. The highest BCUT2D eigenvalue weighted by molar-refractivity contribution is 6.20. The summed E-state index contributed by atoms with van der Waals surface area (Å²) in [7, 11) is 0. The highest BCUT2D eigenvalue weighted by atomic mass is 15.1. The molecule has 0 aliphatic rings. The molecule has 0 saturated carbocycles. The third kappa shape index (κ3) is 3.14. The SMILES string of the molecule is N#Cc1c2c3ccccc3n(-c3ccccc3)c2nc2c1c1ccccc1n2-c1cccc(-c2ccccn2)c1. The fourth-order valence-corrected chi connectivity index (χ4v) is 5.93. The molecule has 0 bridgehead atoms. The van der Waals surface area contributed by atoms with Crippen molar-refractivity contribution in [1.29, 1.82) is 5.26 Å². The molecule has 0 atom stereocenters. The molecular formula is C35H21N5. The van der Waals surface area contributed by atoms with Crippen LogP contribution in [0.5, 0.6) is 0 Å². The summed E-state index contributed by atoms with van der Waals surface area (Å²) >= 11 is 0. The van der Waals surface area contributed by atoms with Gasteiger partial charge in [0.2, 0.25) is 0 Å². The lowest BCUT2D eigenvalue weighted by atomic mass is 10.0. The van der Waals surface area contributed by atoms with Gasteiger partial charge in [-0.25, -0.2) is 4.98 Å². The Labute approximate surface area is 229 Å². The average molecular weight is 512 g/mol. The second-order valence-electron chi connectivity index (χ2n) is 9.80. The smallest absolute Gasteiger partial charge is 0.149 e. The summed E-state index contributed by atoms with van der Waals surface area (Å²) in [6, 6.07) is 43.6. The van der Waals surface area contributed by atoms with Crippen molar-refractivity contribution in [2.24, 2.45) is 0 Å². The minimum absolute atomic E-state index is 0.640. The molecule has 0 amide bonds. The van der Waals surface area contributed by atoms with Crippen molar-refractivity contribution in [3.05, 3.63) is 133 Å². The first-order chi connectivity index (χ1) is 19.8. The fourth-order valence-electron chi connectivity index (χ4n) is 5.93. The number of rotatable bonds is 3. The molecule has 4 heterocycles. The first-order valence-corrected chi connectivity index (χ1v) is 13.2. The molecule has 0 spiro atoms. The van der Waals surface area contributed by atoms with Crippen LogP contribution in [0.1, 0.15) is 5.56 Å². The number of fused-ring (bicyclic) bond motifs is 6. The monoisotopic (exact) mass is 511 g/mol. The maximum absolute atomic E-state index is 10.7.